The Morgan fingerprint density at radius 2 is 1.78 bits per heavy atom. The summed E-state index contributed by atoms with van der Waals surface area (Å²) in [5.41, 5.74) is 1.66. The molecular weight excluding hydrogens is 290 g/mol. The average Bonchev–Trinajstić information content (AvgIpc) is 3.05. The first-order chi connectivity index (χ1) is 11.3. The summed E-state index contributed by atoms with van der Waals surface area (Å²) in [5, 5.41) is 9.74. The summed E-state index contributed by atoms with van der Waals surface area (Å²) in [6.07, 6.45) is 0.669. The standard InChI is InChI=1S/C19H21NO3/c21-14-18(15-7-3-1-4-8-15)20-12-11-17(13-20)23-19(22)16-9-5-2-6-10-16/h1-10,17-18,21H,11-14H2/t17-,18-/m0/s1. The third-order valence-electron chi connectivity index (χ3n) is 4.26. The van der Waals surface area contributed by atoms with Crippen LogP contribution in [0.25, 0.3) is 0 Å². The molecule has 0 unspecified atom stereocenters. The van der Waals surface area contributed by atoms with E-state index in [1.807, 2.05) is 48.5 Å². The molecule has 0 spiro atoms. The molecule has 0 aliphatic carbocycles. The van der Waals surface area contributed by atoms with E-state index in [2.05, 4.69) is 4.90 Å². The van der Waals surface area contributed by atoms with E-state index in [0.29, 0.717) is 12.1 Å². The normalized spacial score (nSPS) is 19.4. The number of carbonyl (C=O) groups is 1. The molecule has 0 saturated carbocycles. The fraction of sp³-hybridized carbons (Fsp3) is 0.316. The molecule has 1 saturated heterocycles. The number of hydrogen-bond donors (Lipinski definition) is 1. The monoisotopic (exact) mass is 311 g/mol. The molecule has 120 valence electrons. The lowest BCUT2D eigenvalue weighted by atomic mass is 10.1. The molecule has 0 radical (unpaired) electrons. The van der Waals surface area contributed by atoms with Gasteiger partial charge in [0.15, 0.2) is 0 Å². The first-order valence-electron chi connectivity index (χ1n) is 7.94. The molecule has 0 bridgehead atoms. The van der Waals surface area contributed by atoms with Gasteiger partial charge in [0.2, 0.25) is 0 Å². The van der Waals surface area contributed by atoms with Gasteiger partial charge in [-0.2, -0.15) is 0 Å². The lowest BCUT2D eigenvalue weighted by Gasteiger charge is -2.26. The number of aliphatic hydroxyl groups is 1. The molecule has 2 aromatic rings. The maximum atomic E-state index is 12.1. The van der Waals surface area contributed by atoms with Crippen molar-refractivity contribution >= 4 is 5.97 Å². The van der Waals surface area contributed by atoms with Gasteiger partial charge >= 0.3 is 5.97 Å². The number of nitrogens with zero attached hydrogens (tertiary/aromatic N) is 1. The number of aliphatic hydroxyl groups excluding tert-OH is 1. The largest absolute Gasteiger partial charge is 0.457 e. The molecule has 4 heteroatoms. The maximum absolute atomic E-state index is 12.1. The molecule has 0 aromatic heterocycles. The Morgan fingerprint density at radius 1 is 1.13 bits per heavy atom. The lowest BCUT2D eigenvalue weighted by Crippen LogP contribution is -2.31. The number of likely N-dealkylation sites (tertiary alicyclic amines) is 1. The van der Waals surface area contributed by atoms with Gasteiger partial charge in [-0.25, -0.2) is 4.79 Å². The number of hydrogen-bond acceptors (Lipinski definition) is 4. The third kappa shape index (κ3) is 3.78. The van der Waals surface area contributed by atoms with Crippen molar-refractivity contribution in [3.63, 3.8) is 0 Å². The van der Waals surface area contributed by atoms with Gasteiger partial charge in [0.05, 0.1) is 18.2 Å². The zero-order valence-corrected chi connectivity index (χ0v) is 13.0. The summed E-state index contributed by atoms with van der Waals surface area (Å²) >= 11 is 0. The summed E-state index contributed by atoms with van der Waals surface area (Å²) in [4.78, 5) is 14.3. The zero-order chi connectivity index (χ0) is 16.1. The second-order valence-corrected chi connectivity index (χ2v) is 5.79. The highest BCUT2D eigenvalue weighted by molar-refractivity contribution is 5.89. The van der Waals surface area contributed by atoms with Crippen LogP contribution in [0.4, 0.5) is 0 Å². The Labute approximate surface area is 136 Å². The van der Waals surface area contributed by atoms with E-state index in [-0.39, 0.29) is 24.7 Å². The van der Waals surface area contributed by atoms with E-state index in [4.69, 9.17) is 4.74 Å². The molecule has 0 amide bonds. The van der Waals surface area contributed by atoms with E-state index in [9.17, 15) is 9.90 Å². The summed E-state index contributed by atoms with van der Waals surface area (Å²) in [5.74, 6) is -0.280. The van der Waals surface area contributed by atoms with Crippen LogP contribution in [-0.2, 0) is 4.74 Å². The number of ether oxygens (including phenoxy) is 1. The van der Waals surface area contributed by atoms with E-state index >= 15 is 0 Å². The first kappa shape index (κ1) is 15.7. The van der Waals surface area contributed by atoms with Gasteiger partial charge < -0.3 is 9.84 Å². The Morgan fingerprint density at radius 3 is 2.43 bits per heavy atom. The predicted octanol–water partition coefficient (Wildman–Crippen LogP) is 2.65. The van der Waals surface area contributed by atoms with Crippen LogP contribution in [0.15, 0.2) is 60.7 Å². The van der Waals surface area contributed by atoms with Gasteiger partial charge in [0.1, 0.15) is 6.10 Å². The highest BCUT2D eigenvalue weighted by atomic mass is 16.5. The van der Waals surface area contributed by atoms with Crippen molar-refractivity contribution in [3.8, 4) is 0 Å². The number of esters is 1. The second-order valence-electron chi connectivity index (χ2n) is 5.79. The van der Waals surface area contributed by atoms with Crippen LogP contribution < -0.4 is 0 Å². The quantitative estimate of drug-likeness (QED) is 0.863. The molecule has 1 heterocycles. The Kier molecular flexibility index (Phi) is 5.05. The van der Waals surface area contributed by atoms with E-state index in [1.165, 1.54) is 0 Å². The minimum atomic E-state index is -0.280. The highest BCUT2D eigenvalue weighted by Gasteiger charge is 2.31. The second kappa shape index (κ2) is 7.40. The summed E-state index contributed by atoms with van der Waals surface area (Å²) in [7, 11) is 0. The van der Waals surface area contributed by atoms with E-state index in [1.54, 1.807) is 12.1 Å². The molecule has 3 rings (SSSR count). The fourth-order valence-electron chi connectivity index (χ4n) is 3.03. The summed E-state index contributed by atoms with van der Waals surface area (Å²) < 4.78 is 5.60. The summed E-state index contributed by atoms with van der Waals surface area (Å²) in [6.45, 7) is 1.52. The Bertz CT molecular complexity index is 630. The van der Waals surface area contributed by atoms with Gasteiger partial charge in [-0.1, -0.05) is 48.5 Å². The number of rotatable bonds is 5. The van der Waals surface area contributed by atoms with Crippen molar-refractivity contribution in [2.75, 3.05) is 19.7 Å². The van der Waals surface area contributed by atoms with Crippen LogP contribution in [0.5, 0.6) is 0 Å². The minimum Gasteiger partial charge on any atom is -0.457 e. The molecule has 1 aliphatic rings. The molecule has 1 aliphatic heterocycles. The number of carbonyl (C=O) groups excluding carboxylic acids is 1. The Hall–Kier alpha value is -2.17. The van der Waals surface area contributed by atoms with E-state index in [0.717, 1.165) is 18.5 Å². The van der Waals surface area contributed by atoms with Gasteiger partial charge in [-0.3, -0.25) is 4.90 Å². The van der Waals surface area contributed by atoms with Gasteiger partial charge in [-0.15, -0.1) is 0 Å². The molecule has 1 fully saturated rings. The van der Waals surface area contributed by atoms with Gasteiger partial charge in [-0.05, 0) is 24.1 Å². The van der Waals surface area contributed by atoms with Crippen LogP contribution in [0.3, 0.4) is 0 Å². The molecule has 2 atom stereocenters. The van der Waals surface area contributed by atoms with Crippen LogP contribution in [-0.4, -0.2) is 41.8 Å². The molecule has 23 heavy (non-hydrogen) atoms. The molecule has 4 nitrogen and oxygen atoms in total. The van der Waals surface area contributed by atoms with E-state index < -0.39 is 0 Å². The fourth-order valence-corrected chi connectivity index (χ4v) is 3.03. The van der Waals surface area contributed by atoms with Crippen molar-refractivity contribution in [1.82, 2.24) is 4.90 Å². The third-order valence-corrected chi connectivity index (χ3v) is 4.26. The lowest BCUT2D eigenvalue weighted by molar-refractivity contribution is 0.0300. The van der Waals surface area contributed by atoms with Crippen LogP contribution in [0, 0.1) is 0 Å². The van der Waals surface area contributed by atoms with Crippen LogP contribution >= 0.6 is 0 Å². The molecular formula is C19H21NO3. The molecule has 1 N–H and O–H groups in total. The average molecular weight is 311 g/mol. The van der Waals surface area contributed by atoms with Gasteiger partial charge in [0.25, 0.3) is 0 Å². The smallest absolute Gasteiger partial charge is 0.338 e. The van der Waals surface area contributed by atoms with Crippen molar-refractivity contribution in [2.45, 2.75) is 18.6 Å². The van der Waals surface area contributed by atoms with Crippen LogP contribution in [0.1, 0.15) is 28.4 Å². The predicted molar refractivity (Wildman–Crippen MR) is 88.1 cm³/mol. The summed E-state index contributed by atoms with van der Waals surface area (Å²) in [6, 6.07) is 19.0. The Balaban J connectivity index is 1.61. The first-order valence-corrected chi connectivity index (χ1v) is 7.94. The van der Waals surface area contributed by atoms with Crippen molar-refractivity contribution in [2.24, 2.45) is 0 Å². The van der Waals surface area contributed by atoms with Crippen molar-refractivity contribution < 1.29 is 14.6 Å². The SMILES string of the molecule is O=C(O[C@H]1CCN([C@@H](CO)c2ccccc2)C1)c1ccccc1. The highest BCUT2D eigenvalue weighted by Crippen LogP contribution is 2.26. The van der Waals surface area contributed by atoms with Crippen molar-refractivity contribution in [3.05, 3.63) is 71.8 Å². The zero-order valence-electron chi connectivity index (χ0n) is 13.0. The van der Waals surface area contributed by atoms with Crippen molar-refractivity contribution in [1.29, 1.82) is 0 Å². The topological polar surface area (TPSA) is 49.8 Å². The van der Waals surface area contributed by atoms with Crippen LogP contribution in [0.2, 0.25) is 0 Å². The molecule has 2 aromatic carbocycles. The van der Waals surface area contributed by atoms with Gasteiger partial charge in [0, 0.05) is 13.1 Å². The number of benzene rings is 2. The maximum Gasteiger partial charge on any atom is 0.338 e. The minimum absolute atomic E-state index is 0.0448.